The summed E-state index contributed by atoms with van der Waals surface area (Å²) in [5, 5.41) is 10.1. The molecule has 0 spiro atoms. The summed E-state index contributed by atoms with van der Waals surface area (Å²) < 4.78 is 5.13. The molecule has 5 heteroatoms. The summed E-state index contributed by atoms with van der Waals surface area (Å²) >= 11 is 1.60. The van der Waals surface area contributed by atoms with E-state index in [9.17, 15) is 0 Å². The number of hydrogen-bond donors (Lipinski definition) is 0. The molecule has 0 fully saturated rings. The van der Waals surface area contributed by atoms with Gasteiger partial charge in [-0.05, 0) is 0 Å². The average Bonchev–Trinajstić information content (AvgIpc) is 3.28. The van der Waals surface area contributed by atoms with Crippen LogP contribution in [-0.2, 0) is 0 Å². The largest absolute Gasteiger partial charge is 0.336 e. The van der Waals surface area contributed by atoms with Gasteiger partial charge in [0.25, 0.3) is 0 Å². The standard InChI is InChI=1S/C17H10N3OS/c1-2-6-12(7-3-1)15-11-22-17(19-15)14-9-5-4-8-13(14)16-10-18-20-21-16/h1-9,11H. The molecule has 0 saturated carbocycles. The lowest BCUT2D eigenvalue weighted by atomic mass is 10.1. The van der Waals surface area contributed by atoms with Crippen molar-refractivity contribution in [2.75, 3.05) is 0 Å². The molecular formula is C17H10N3OS. The van der Waals surface area contributed by atoms with Gasteiger partial charge in [-0.25, -0.2) is 4.98 Å². The molecule has 1 radical (unpaired) electrons. The zero-order valence-corrected chi connectivity index (χ0v) is 12.2. The number of nitrogens with zero attached hydrogens (tertiary/aromatic N) is 3. The van der Waals surface area contributed by atoms with Crippen molar-refractivity contribution in [2.45, 2.75) is 0 Å². The van der Waals surface area contributed by atoms with Crippen molar-refractivity contribution in [1.29, 1.82) is 0 Å². The van der Waals surface area contributed by atoms with Gasteiger partial charge in [0.05, 0.1) is 5.69 Å². The van der Waals surface area contributed by atoms with Crippen LogP contribution < -0.4 is 0 Å². The highest BCUT2D eigenvalue weighted by Gasteiger charge is 2.14. The molecule has 0 bridgehead atoms. The van der Waals surface area contributed by atoms with Gasteiger partial charge in [0.15, 0.2) is 12.0 Å². The first kappa shape index (κ1) is 12.9. The minimum atomic E-state index is 0.520. The molecule has 0 saturated heterocycles. The zero-order valence-electron chi connectivity index (χ0n) is 11.4. The van der Waals surface area contributed by atoms with Gasteiger partial charge in [-0.3, -0.25) is 0 Å². The Kier molecular flexibility index (Phi) is 3.25. The van der Waals surface area contributed by atoms with E-state index in [4.69, 9.17) is 9.51 Å². The van der Waals surface area contributed by atoms with Crippen LogP contribution in [0.3, 0.4) is 0 Å². The van der Waals surface area contributed by atoms with E-state index in [0.717, 1.165) is 27.4 Å². The second kappa shape index (κ2) is 5.54. The molecule has 2 heterocycles. The molecule has 4 nitrogen and oxygen atoms in total. The number of thiazole rings is 1. The summed E-state index contributed by atoms with van der Waals surface area (Å²) in [4.78, 5) is 4.74. The van der Waals surface area contributed by atoms with E-state index in [1.54, 1.807) is 11.3 Å². The quantitative estimate of drug-likeness (QED) is 0.565. The molecule has 2 aromatic heterocycles. The van der Waals surface area contributed by atoms with Gasteiger partial charge in [0, 0.05) is 27.3 Å². The maximum absolute atomic E-state index is 5.13. The van der Waals surface area contributed by atoms with E-state index in [-0.39, 0.29) is 0 Å². The molecule has 0 aliphatic carbocycles. The smallest absolute Gasteiger partial charge is 0.197 e. The molecule has 105 valence electrons. The molecule has 0 aliphatic heterocycles. The van der Waals surface area contributed by atoms with Crippen LogP contribution >= 0.6 is 11.3 Å². The zero-order chi connectivity index (χ0) is 14.8. The maximum Gasteiger partial charge on any atom is 0.197 e. The normalized spacial score (nSPS) is 10.7. The van der Waals surface area contributed by atoms with Gasteiger partial charge in [-0.1, -0.05) is 54.6 Å². The first-order valence-corrected chi connectivity index (χ1v) is 7.60. The molecule has 22 heavy (non-hydrogen) atoms. The molecule has 0 aliphatic rings. The van der Waals surface area contributed by atoms with Crippen LogP contribution in [0.5, 0.6) is 0 Å². The van der Waals surface area contributed by atoms with Crippen molar-refractivity contribution in [2.24, 2.45) is 0 Å². The van der Waals surface area contributed by atoms with Gasteiger partial charge in [0.1, 0.15) is 5.01 Å². The second-order valence-corrected chi connectivity index (χ2v) is 5.52. The highest BCUT2D eigenvalue weighted by Crippen LogP contribution is 2.35. The van der Waals surface area contributed by atoms with Crippen LogP contribution in [0.2, 0.25) is 0 Å². The lowest BCUT2D eigenvalue weighted by molar-refractivity contribution is 0.404. The number of benzene rings is 2. The molecule has 4 rings (SSSR count). The van der Waals surface area contributed by atoms with Crippen LogP contribution in [0.15, 0.2) is 64.5 Å². The minimum Gasteiger partial charge on any atom is -0.336 e. The topological polar surface area (TPSA) is 51.8 Å². The highest BCUT2D eigenvalue weighted by atomic mass is 32.1. The molecule has 4 aromatic rings. The Bertz CT molecular complexity index is 885. The van der Waals surface area contributed by atoms with Crippen LogP contribution in [-0.4, -0.2) is 15.4 Å². The van der Waals surface area contributed by atoms with Crippen LogP contribution in [0.4, 0.5) is 0 Å². The Morgan fingerprint density at radius 3 is 2.45 bits per heavy atom. The summed E-state index contributed by atoms with van der Waals surface area (Å²) in [7, 11) is 0. The maximum atomic E-state index is 5.13. The van der Waals surface area contributed by atoms with Crippen LogP contribution in [0.1, 0.15) is 0 Å². The van der Waals surface area contributed by atoms with Crippen molar-refractivity contribution in [3.63, 3.8) is 0 Å². The highest BCUT2D eigenvalue weighted by molar-refractivity contribution is 7.13. The Morgan fingerprint density at radius 2 is 1.68 bits per heavy atom. The van der Waals surface area contributed by atoms with Gasteiger partial charge in [0.2, 0.25) is 0 Å². The lowest BCUT2D eigenvalue weighted by Crippen LogP contribution is -1.83. The summed E-state index contributed by atoms with van der Waals surface area (Å²) in [6, 6.07) is 18.0. The fourth-order valence-corrected chi connectivity index (χ4v) is 3.13. The summed E-state index contributed by atoms with van der Waals surface area (Å²) in [5.41, 5.74) is 3.95. The third kappa shape index (κ3) is 2.31. The summed E-state index contributed by atoms with van der Waals surface area (Å²) in [5.74, 6) is 0.520. The lowest BCUT2D eigenvalue weighted by Gasteiger charge is -2.02. The third-order valence-electron chi connectivity index (χ3n) is 3.30. The summed E-state index contributed by atoms with van der Waals surface area (Å²) in [6.07, 6.45) is 2.75. The van der Waals surface area contributed by atoms with Gasteiger partial charge < -0.3 is 4.52 Å². The van der Waals surface area contributed by atoms with E-state index in [1.807, 2.05) is 42.5 Å². The van der Waals surface area contributed by atoms with E-state index in [2.05, 4.69) is 34.1 Å². The van der Waals surface area contributed by atoms with Crippen molar-refractivity contribution < 1.29 is 4.52 Å². The van der Waals surface area contributed by atoms with Crippen LogP contribution in [0, 0.1) is 6.20 Å². The van der Waals surface area contributed by atoms with E-state index >= 15 is 0 Å². The number of hydrogen-bond acceptors (Lipinski definition) is 5. The molecule has 2 aromatic carbocycles. The SMILES string of the molecule is [c]1nnoc1-c1ccccc1-c1nc(-c2ccccc2)cs1. The number of rotatable bonds is 3. The fraction of sp³-hybridized carbons (Fsp3) is 0. The molecule has 0 N–H and O–H groups in total. The Morgan fingerprint density at radius 1 is 0.909 bits per heavy atom. The van der Waals surface area contributed by atoms with Gasteiger partial charge >= 0.3 is 0 Å². The Hall–Kier alpha value is -2.79. The van der Waals surface area contributed by atoms with Crippen molar-refractivity contribution in [3.05, 3.63) is 66.2 Å². The van der Waals surface area contributed by atoms with Crippen molar-refractivity contribution >= 4 is 11.3 Å². The first-order valence-electron chi connectivity index (χ1n) is 6.72. The second-order valence-electron chi connectivity index (χ2n) is 4.66. The predicted molar refractivity (Wildman–Crippen MR) is 85.1 cm³/mol. The third-order valence-corrected chi connectivity index (χ3v) is 4.18. The summed E-state index contributed by atoms with van der Waals surface area (Å²) in [6.45, 7) is 0. The molecule has 0 amide bonds. The van der Waals surface area contributed by atoms with E-state index < -0.39 is 0 Å². The number of aromatic nitrogens is 3. The van der Waals surface area contributed by atoms with Gasteiger partial charge in [-0.15, -0.1) is 16.4 Å². The average molecular weight is 304 g/mol. The molecular weight excluding hydrogens is 294 g/mol. The first-order chi connectivity index (χ1) is 10.9. The van der Waals surface area contributed by atoms with E-state index in [0.29, 0.717) is 5.76 Å². The van der Waals surface area contributed by atoms with Crippen molar-refractivity contribution in [1.82, 2.24) is 15.4 Å². The molecule has 0 atom stereocenters. The minimum absolute atomic E-state index is 0.520. The van der Waals surface area contributed by atoms with E-state index in [1.165, 1.54) is 0 Å². The fourth-order valence-electron chi connectivity index (χ4n) is 2.26. The van der Waals surface area contributed by atoms with Crippen molar-refractivity contribution in [3.8, 4) is 33.2 Å². The molecule has 0 unspecified atom stereocenters. The predicted octanol–water partition coefficient (Wildman–Crippen LogP) is 4.33. The Labute approximate surface area is 131 Å². The Balaban J connectivity index is 1.80. The van der Waals surface area contributed by atoms with Crippen LogP contribution in [0.25, 0.3) is 33.2 Å². The monoisotopic (exact) mass is 304 g/mol. The van der Waals surface area contributed by atoms with Gasteiger partial charge in [-0.2, -0.15) is 0 Å².